The second kappa shape index (κ2) is 8.22. The average molecular weight is 397 g/mol. The van der Waals surface area contributed by atoms with Gasteiger partial charge in [0.25, 0.3) is 5.91 Å². The third-order valence-corrected chi connectivity index (χ3v) is 4.61. The topological polar surface area (TPSA) is 107 Å². The summed E-state index contributed by atoms with van der Waals surface area (Å²) < 4.78 is 12.2. The van der Waals surface area contributed by atoms with Crippen molar-refractivity contribution in [3.63, 3.8) is 0 Å². The van der Waals surface area contributed by atoms with Crippen molar-refractivity contribution in [3.05, 3.63) is 64.7 Å². The van der Waals surface area contributed by atoms with Gasteiger partial charge in [-0.3, -0.25) is 9.36 Å². The number of nitrogens with one attached hydrogen (secondary N) is 1. The molecule has 0 saturated heterocycles. The summed E-state index contributed by atoms with van der Waals surface area (Å²) >= 11 is 0. The summed E-state index contributed by atoms with van der Waals surface area (Å²) in [5.74, 6) is 0.571. The van der Waals surface area contributed by atoms with Gasteiger partial charge in [-0.15, -0.1) is 0 Å². The Labute approximate surface area is 168 Å². The van der Waals surface area contributed by atoms with E-state index in [2.05, 4.69) is 10.5 Å². The van der Waals surface area contributed by atoms with Crippen LogP contribution in [0, 0.1) is 20.8 Å². The fraction of sp³-hybridized carbons (Fsp3) is 0.286. The largest absolute Gasteiger partial charge is 0.482 e. The van der Waals surface area contributed by atoms with Gasteiger partial charge in [0.2, 0.25) is 0 Å². The van der Waals surface area contributed by atoms with E-state index in [-0.39, 0.29) is 11.9 Å². The number of aryl methyl sites for hydroxylation is 2. The van der Waals surface area contributed by atoms with E-state index in [4.69, 9.17) is 14.4 Å². The number of carbonyl (C=O) groups is 2. The first-order chi connectivity index (χ1) is 13.8. The summed E-state index contributed by atoms with van der Waals surface area (Å²) in [6, 6.07) is 10.4. The molecule has 1 unspecified atom stereocenters. The third kappa shape index (κ3) is 4.48. The summed E-state index contributed by atoms with van der Waals surface area (Å²) in [5, 5.41) is 15.7. The van der Waals surface area contributed by atoms with E-state index in [9.17, 15) is 9.59 Å². The molecule has 3 aromatic rings. The highest BCUT2D eigenvalue weighted by Crippen LogP contribution is 2.22. The molecule has 1 aromatic carbocycles. The van der Waals surface area contributed by atoms with E-state index in [1.807, 2.05) is 44.4 Å². The monoisotopic (exact) mass is 397 g/mol. The average Bonchev–Trinajstić information content (AvgIpc) is 3.22. The van der Waals surface area contributed by atoms with E-state index >= 15 is 0 Å². The molecule has 0 aliphatic carbocycles. The number of ether oxygens (including phenoxy) is 1. The van der Waals surface area contributed by atoms with Gasteiger partial charge >= 0.3 is 5.97 Å². The van der Waals surface area contributed by atoms with E-state index < -0.39 is 12.6 Å². The summed E-state index contributed by atoms with van der Waals surface area (Å²) in [5.41, 5.74) is 3.10. The number of carboxylic acids is 1. The molecule has 0 aliphatic heterocycles. The lowest BCUT2D eigenvalue weighted by atomic mass is 10.1. The van der Waals surface area contributed by atoms with Crippen LogP contribution in [0.4, 0.5) is 0 Å². The van der Waals surface area contributed by atoms with Gasteiger partial charge in [0.1, 0.15) is 11.5 Å². The van der Waals surface area contributed by atoms with Gasteiger partial charge in [-0.1, -0.05) is 17.3 Å². The number of benzene rings is 1. The quantitative estimate of drug-likeness (QED) is 0.633. The molecule has 1 atom stereocenters. The van der Waals surface area contributed by atoms with Crippen LogP contribution >= 0.6 is 0 Å². The predicted octanol–water partition coefficient (Wildman–Crippen LogP) is 3.34. The Kier molecular flexibility index (Phi) is 5.72. The maximum absolute atomic E-state index is 12.8. The van der Waals surface area contributed by atoms with Crippen LogP contribution in [-0.4, -0.2) is 33.3 Å². The van der Waals surface area contributed by atoms with Gasteiger partial charge in [0.15, 0.2) is 12.4 Å². The van der Waals surface area contributed by atoms with Crippen LogP contribution < -0.4 is 10.1 Å². The number of carbonyl (C=O) groups excluding carboxylic acids is 1. The summed E-state index contributed by atoms with van der Waals surface area (Å²) in [6.45, 7) is 7.08. The number of carboxylic acid groups (broad SMARTS) is 1. The molecule has 1 amide bonds. The van der Waals surface area contributed by atoms with Crippen molar-refractivity contribution in [2.75, 3.05) is 6.61 Å². The second-order valence-corrected chi connectivity index (χ2v) is 6.86. The lowest BCUT2D eigenvalue weighted by Crippen LogP contribution is -2.27. The molecular formula is C21H23N3O5. The van der Waals surface area contributed by atoms with Crippen molar-refractivity contribution in [2.24, 2.45) is 0 Å². The first kappa shape index (κ1) is 20.2. The molecule has 2 heterocycles. The number of hydrogen-bond acceptors (Lipinski definition) is 5. The molecule has 3 rings (SSSR count). The highest BCUT2D eigenvalue weighted by atomic mass is 16.5. The molecule has 8 nitrogen and oxygen atoms in total. The Morgan fingerprint density at radius 1 is 1.21 bits per heavy atom. The number of nitrogens with zero attached hydrogens (tertiary/aromatic N) is 2. The van der Waals surface area contributed by atoms with Crippen LogP contribution in [0.5, 0.6) is 5.75 Å². The number of aromatic nitrogens is 2. The Bertz CT molecular complexity index is 1030. The van der Waals surface area contributed by atoms with Crippen molar-refractivity contribution in [3.8, 4) is 11.6 Å². The maximum Gasteiger partial charge on any atom is 0.341 e. The third-order valence-electron chi connectivity index (χ3n) is 4.61. The van der Waals surface area contributed by atoms with Gasteiger partial charge in [0.05, 0.1) is 11.6 Å². The lowest BCUT2D eigenvalue weighted by Gasteiger charge is -2.15. The highest BCUT2D eigenvalue weighted by Gasteiger charge is 2.20. The zero-order chi connectivity index (χ0) is 21.1. The SMILES string of the molecule is Cc1cc(-n2c(C)cc(C(=O)NC(C)c3ccc(OCC(=O)O)cc3)c2C)no1. The molecule has 0 radical (unpaired) electrons. The van der Waals surface area contributed by atoms with Crippen molar-refractivity contribution in [1.82, 2.24) is 15.0 Å². The minimum atomic E-state index is -1.03. The zero-order valence-electron chi connectivity index (χ0n) is 16.7. The van der Waals surface area contributed by atoms with Crippen molar-refractivity contribution < 1.29 is 24.0 Å². The normalized spacial score (nSPS) is 11.9. The Morgan fingerprint density at radius 3 is 2.48 bits per heavy atom. The number of aliphatic carboxylic acids is 1. The van der Waals surface area contributed by atoms with E-state index in [0.29, 0.717) is 22.9 Å². The fourth-order valence-corrected chi connectivity index (χ4v) is 3.16. The first-order valence-electron chi connectivity index (χ1n) is 9.14. The van der Waals surface area contributed by atoms with Crippen molar-refractivity contribution in [2.45, 2.75) is 33.7 Å². The van der Waals surface area contributed by atoms with Gasteiger partial charge in [0, 0.05) is 17.5 Å². The smallest absolute Gasteiger partial charge is 0.341 e. The molecule has 8 heteroatoms. The van der Waals surface area contributed by atoms with Crippen LogP contribution in [0.1, 0.15) is 46.0 Å². The van der Waals surface area contributed by atoms with Crippen LogP contribution in [-0.2, 0) is 4.79 Å². The molecular weight excluding hydrogens is 374 g/mol. The van der Waals surface area contributed by atoms with Crippen LogP contribution in [0.15, 0.2) is 40.9 Å². The van der Waals surface area contributed by atoms with Crippen molar-refractivity contribution >= 4 is 11.9 Å². The molecule has 152 valence electrons. The maximum atomic E-state index is 12.8. The standard InChI is InChI=1S/C21H23N3O5/c1-12-9-18(15(4)24(12)19-10-13(2)29-23-19)21(27)22-14(3)16-5-7-17(8-6-16)28-11-20(25)26/h5-10,14H,11H2,1-4H3,(H,22,27)(H,25,26). The van der Waals surface area contributed by atoms with E-state index in [1.165, 1.54) is 0 Å². The lowest BCUT2D eigenvalue weighted by molar-refractivity contribution is -0.139. The number of hydrogen-bond donors (Lipinski definition) is 2. The van der Waals surface area contributed by atoms with Crippen LogP contribution in [0.2, 0.25) is 0 Å². The molecule has 2 N–H and O–H groups in total. The van der Waals surface area contributed by atoms with Gasteiger partial charge in [-0.2, -0.15) is 0 Å². The summed E-state index contributed by atoms with van der Waals surface area (Å²) in [7, 11) is 0. The fourth-order valence-electron chi connectivity index (χ4n) is 3.16. The summed E-state index contributed by atoms with van der Waals surface area (Å²) in [6.07, 6.45) is 0. The van der Waals surface area contributed by atoms with Gasteiger partial charge < -0.3 is 19.7 Å². The minimum Gasteiger partial charge on any atom is -0.482 e. The number of rotatable bonds is 7. The molecule has 0 saturated carbocycles. The van der Waals surface area contributed by atoms with E-state index in [1.54, 1.807) is 24.3 Å². The minimum absolute atomic E-state index is 0.191. The van der Waals surface area contributed by atoms with Crippen molar-refractivity contribution in [1.29, 1.82) is 0 Å². The molecule has 2 aromatic heterocycles. The van der Waals surface area contributed by atoms with Crippen LogP contribution in [0.3, 0.4) is 0 Å². The molecule has 0 spiro atoms. The number of amides is 1. The Morgan fingerprint density at radius 2 is 1.90 bits per heavy atom. The first-order valence-corrected chi connectivity index (χ1v) is 9.14. The second-order valence-electron chi connectivity index (χ2n) is 6.86. The summed E-state index contributed by atoms with van der Waals surface area (Å²) in [4.78, 5) is 23.4. The Hall–Kier alpha value is -3.55. The Balaban J connectivity index is 1.72. The molecule has 0 aliphatic rings. The predicted molar refractivity (Wildman–Crippen MR) is 105 cm³/mol. The molecule has 29 heavy (non-hydrogen) atoms. The van der Waals surface area contributed by atoms with E-state index in [0.717, 1.165) is 17.0 Å². The highest BCUT2D eigenvalue weighted by molar-refractivity contribution is 5.96. The molecule has 0 bridgehead atoms. The van der Waals surface area contributed by atoms with Gasteiger partial charge in [-0.25, -0.2) is 4.79 Å². The zero-order valence-corrected chi connectivity index (χ0v) is 16.7. The van der Waals surface area contributed by atoms with Crippen LogP contribution in [0.25, 0.3) is 5.82 Å². The van der Waals surface area contributed by atoms with Gasteiger partial charge in [-0.05, 0) is 51.5 Å². The molecule has 0 fully saturated rings.